The predicted octanol–water partition coefficient (Wildman–Crippen LogP) is -0.408. The summed E-state index contributed by atoms with van der Waals surface area (Å²) in [5.41, 5.74) is 0. The van der Waals surface area contributed by atoms with Crippen LogP contribution >= 0.6 is 0 Å². The Hall–Kier alpha value is -1.57. The summed E-state index contributed by atoms with van der Waals surface area (Å²) >= 11 is 0. The summed E-state index contributed by atoms with van der Waals surface area (Å²) in [7, 11) is 0. The SMILES string of the molecule is N#COOC(=O)C=N. The van der Waals surface area contributed by atoms with E-state index in [-0.39, 0.29) is 0 Å². The number of rotatable bonds is 2. The van der Waals surface area contributed by atoms with Crippen LogP contribution in [0.3, 0.4) is 0 Å². The summed E-state index contributed by atoms with van der Waals surface area (Å²) in [5.74, 6) is -1.01. The van der Waals surface area contributed by atoms with Gasteiger partial charge in [0.2, 0.25) is 0 Å². The molecule has 0 aliphatic rings. The van der Waals surface area contributed by atoms with Crippen molar-refractivity contribution in [1.82, 2.24) is 0 Å². The Kier molecular flexibility index (Phi) is 2.90. The molecule has 1 N–H and O–H groups in total. The zero-order valence-electron chi connectivity index (χ0n) is 3.75. The average molecular weight is 114 g/mol. The van der Waals surface area contributed by atoms with E-state index in [9.17, 15) is 4.79 Å². The fourth-order valence-corrected chi connectivity index (χ4v) is 0.0838. The molecule has 0 aromatic rings. The maximum Gasteiger partial charge on any atom is 0.397 e. The monoisotopic (exact) mass is 114 g/mol. The third-order valence-electron chi connectivity index (χ3n) is 0.279. The van der Waals surface area contributed by atoms with E-state index in [0.29, 0.717) is 6.21 Å². The van der Waals surface area contributed by atoms with Crippen molar-refractivity contribution >= 4 is 12.2 Å². The van der Waals surface area contributed by atoms with Gasteiger partial charge in [-0.05, 0) is 0 Å². The molecule has 0 radical (unpaired) electrons. The standard InChI is InChI=1S/C3H2N2O3/c4-1-3(6)8-7-2-5/h1,4H. The minimum absolute atomic E-state index is 0.386. The van der Waals surface area contributed by atoms with Crippen molar-refractivity contribution in [3.8, 4) is 6.26 Å². The molecule has 8 heavy (non-hydrogen) atoms. The van der Waals surface area contributed by atoms with E-state index in [1.165, 1.54) is 0 Å². The van der Waals surface area contributed by atoms with E-state index >= 15 is 0 Å². The van der Waals surface area contributed by atoms with Crippen molar-refractivity contribution in [3.05, 3.63) is 0 Å². The molecule has 0 saturated carbocycles. The van der Waals surface area contributed by atoms with Crippen LogP contribution in [0, 0.1) is 16.9 Å². The summed E-state index contributed by atoms with van der Waals surface area (Å²) in [6.07, 6.45) is 1.47. The van der Waals surface area contributed by atoms with Gasteiger partial charge in [0, 0.05) is 0 Å². The second kappa shape index (κ2) is 3.61. The number of nitrogens with zero attached hydrogens (tertiary/aromatic N) is 1. The van der Waals surface area contributed by atoms with Gasteiger partial charge in [0.1, 0.15) is 6.21 Å². The van der Waals surface area contributed by atoms with Gasteiger partial charge in [-0.3, -0.25) is 0 Å². The van der Waals surface area contributed by atoms with E-state index in [2.05, 4.69) is 9.78 Å². The number of carbonyl (C=O) groups excluding carboxylic acids is 1. The molecule has 5 nitrogen and oxygen atoms in total. The Morgan fingerprint density at radius 2 is 2.50 bits per heavy atom. The number of nitrogens with one attached hydrogen (secondary N) is 1. The minimum Gasteiger partial charge on any atom is -0.301 e. The molecule has 0 aromatic carbocycles. The normalized spacial score (nSPS) is 6.38. The molecule has 0 amide bonds. The zero-order chi connectivity index (χ0) is 6.41. The lowest BCUT2D eigenvalue weighted by Gasteiger charge is -1.85. The van der Waals surface area contributed by atoms with Crippen molar-refractivity contribution in [1.29, 1.82) is 10.7 Å². The molecule has 0 rings (SSSR count). The lowest BCUT2D eigenvalue weighted by molar-refractivity contribution is -0.222. The zero-order valence-corrected chi connectivity index (χ0v) is 3.75. The summed E-state index contributed by atoms with van der Waals surface area (Å²) in [4.78, 5) is 16.9. The molecule has 0 heterocycles. The average Bonchev–Trinajstić information content (AvgIpc) is 1.83. The molecular formula is C3H2N2O3. The van der Waals surface area contributed by atoms with E-state index in [1.54, 1.807) is 0 Å². The minimum atomic E-state index is -1.01. The van der Waals surface area contributed by atoms with Crippen molar-refractivity contribution in [3.63, 3.8) is 0 Å². The van der Waals surface area contributed by atoms with Crippen LogP contribution in [0.15, 0.2) is 0 Å². The lowest BCUT2D eigenvalue weighted by atomic mass is 10.8. The second-order valence-electron chi connectivity index (χ2n) is 0.721. The predicted molar refractivity (Wildman–Crippen MR) is 21.6 cm³/mol. The lowest BCUT2D eigenvalue weighted by Crippen LogP contribution is -2.02. The Bertz CT molecular complexity index is 136. The molecule has 0 saturated heterocycles. The van der Waals surface area contributed by atoms with Crippen LogP contribution in [0.25, 0.3) is 0 Å². The number of hydrogen-bond donors (Lipinski definition) is 1. The van der Waals surface area contributed by atoms with E-state index in [0.717, 1.165) is 6.26 Å². The molecule has 0 atom stereocenters. The summed E-state index contributed by atoms with van der Waals surface area (Å²) < 4.78 is 0. The van der Waals surface area contributed by atoms with Gasteiger partial charge in [0.15, 0.2) is 0 Å². The third kappa shape index (κ3) is 2.66. The van der Waals surface area contributed by atoms with Gasteiger partial charge in [-0.25, -0.2) is 14.6 Å². The first-order valence-electron chi connectivity index (χ1n) is 1.58. The first-order chi connectivity index (χ1) is 3.81. The molecule has 0 unspecified atom stereocenters. The van der Waals surface area contributed by atoms with Crippen LogP contribution < -0.4 is 0 Å². The molecule has 0 bridgehead atoms. The molecule has 0 aliphatic heterocycles. The quantitative estimate of drug-likeness (QED) is 0.229. The Morgan fingerprint density at radius 3 is 2.88 bits per heavy atom. The van der Waals surface area contributed by atoms with Crippen molar-refractivity contribution in [2.24, 2.45) is 0 Å². The number of carbonyl (C=O) groups is 1. The first-order valence-corrected chi connectivity index (χ1v) is 1.58. The smallest absolute Gasteiger partial charge is 0.301 e. The van der Waals surface area contributed by atoms with Gasteiger partial charge in [-0.15, -0.1) is 5.26 Å². The van der Waals surface area contributed by atoms with Gasteiger partial charge >= 0.3 is 12.2 Å². The summed E-state index contributed by atoms with van der Waals surface area (Å²) in [5, 5.41) is 13.8. The van der Waals surface area contributed by atoms with Gasteiger partial charge in [0.25, 0.3) is 0 Å². The van der Waals surface area contributed by atoms with Crippen LogP contribution in [-0.4, -0.2) is 12.2 Å². The van der Waals surface area contributed by atoms with E-state index in [4.69, 9.17) is 10.7 Å². The van der Waals surface area contributed by atoms with Gasteiger partial charge < -0.3 is 5.41 Å². The Morgan fingerprint density at radius 1 is 1.88 bits per heavy atom. The molecular weight excluding hydrogens is 112 g/mol. The highest BCUT2D eigenvalue weighted by atomic mass is 17.2. The summed E-state index contributed by atoms with van der Waals surface area (Å²) in [6, 6.07) is 0. The topological polar surface area (TPSA) is 83.2 Å². The van der Waals surface area contributed by atoms with Gasteiger partial charge in [-0.2, -0.15) is 0 Å². The maximum atomic E-state index is 9.83. The largest absolute Gasteiger partial charge is 0.397 e. The highest BCUT2D eigenvalue weighted by Crippen LogP contribution is 1.72. The van der Waals surface area contributed by atoms with Crippen molar-refractivity contribution < 1.29 is 14.6 Å². The second-order valence-corrected chi connectivity index (χ2v) is 0.721. The van der Waals surface area contributed by atoms with Crippen LogP contribution in [0.1, 0.15) is 0 Å². The molecule has 0 spiro atoms. The van der Waals surface area contributed by atoms with Crippen LogP contribution in [0.4, 0.5) is 0 Å². The Labute approximate surface area is 44.9 Å². The van der Waals surface area contributed by atoms with Crippen LogP contribution in [0.2, 0.25) is 0 Å². The van der Waals surface area contributed by atoms with Crippen LogP contribution in [-0.2, 0) is 14.6 Å². The van der Waals surface area contributed by atoms with E-state index in [1.807, 2.05) is 0 Å². The van der Waals surface area contributed by atoms with Crippen molar-refractivity contribution in [2.45, 2.75) is 0 Å². The van der Waals surface area contributed by atoms with Crippen molar-refractivity contribution in [2.75, 3.05) is 0 Å². The fraction of sp³-hybridized carbons (Fsp3) is 0. The van der Waals surface area contributed by atoms with Crippen LogP contribution in [0.5, 0.6) is 0 Å². The number of hydrogen-bond acceptors (Lipinski definition) is 5. The highest BCUT2D eigenvalue weighted by molar-refractivity contribution is 6.21. The summed E-state index contributed by atoms with van der Waals surface area (Å²) in [6.45, 7) is 0. The molecule has 0 aromatic heterocycles. The fourth-order valence-electron chi connectivity index (χ4n) is 0.0838. The molecule has 0 fully saturated rings. The van der Waals surface area contributed by atoms with Gasteiger partial charge in [-0.1, -0.05) is 0 Å². The third-order valence-corrected chi connectivity index (χ3v) is 0.279. The van der Waals surface area contributed by atoms with Gasteiger partial charge in [0.05, 0.1) is 0 Å². The number of nitriles is 1. The highest BCUT2D eigenvalue weighted by Gasteiger charge is 1.94. The molecule has 5 heteroatoms. The first kappa shape index (κ1) is 6.43. The molecule has 0 aliphatic carbocycles. The Balaban J connectivity index is 3.28. The molecule has 42 valence electrons. The maximum absolute atomic E-state index is 9.83. The van der Waals surface area contributed by atoms with E-state index < -0.39 is 5.97 Å².